The monoisotopic (exact) mass is 299 g/mol. The Morgan fingerprint density at radius 2 is 1.68 bits per heavy atom. The molecule has 0 fully saturated rings. The maximum Gasteiger partial charge on any atom is 0.272 e. The number of rotatable bonds is 4. The number of amides is 2. The van der Waals surface area contributed by atoms with Crippen molar-refractivity contribution < 1.29 is 14.4 Å². The first kappa shape index (κ1) is 15.5. The van der Waals surface area contributed by atoms with E-state index in [1.165, 1.54) is 26.1 Å². The minimum absolute atomic E-state index is 0.112. The van der Waals surface area contributed by atoms with Gasteiger partial charge in [-0.1, -0.05) is 6.07 Å². The SMILES string of the molecule is CC(=O)Nc1cccc(NC(=O)c2cc(C(C)=O)c[nH]2)c1C. The number of carbonyl (C=O) groups excluding carboxylic acids is 3. The molecule has 0 unspecified atom stereocenters. The molecule has 0 atom stereocenters. The van der Waals surface area contributed by atoms with Crippen molar-refractivity contribution in [2.45, 2.75) is 20.8 Å². The van der Waals surface area contributed by atoms with E-state index in [-0.39, 0.29) is 17.6 Å². The molecule has 2 aromatic rings. The van der Waals surface area contributed by atoms with E-state index < -0.39 is 0 Å². The fourth-order valence-corrected chi connectivity index (χ4v) is 2.01. The predicted octanol–water partition coefficient (Wildman–Crippen LogP) is 2.74. The number of hydrogen-bond donors (Lipinski definition) is 3. The largest absolute Gasteiger partial charge is 0.356 e. The summed E-state index contributed by atoms with van der Waals surface area (Å²) >= 11 is 0. The topological polar surface area (TPSA) is 91.1 Å². The smallest absolute Gasteiger partial charge is 0.272 e. The highest BCUT2D eigenvalue weighted by Crippen LogP contribution is 2.23. The van der Waals surface area contributed by atoms with Crippen LogP contribution in [-0.2, 0) is 4.79 Å². The van der Waals surface area contributed by atoms with Crippen molar-refractivity contribution in [1.82, 2.24) is 4.98 Å². The van der Waals surface area contributed by atoms with E-state index in [9.17, 15) is 14.4 Å². The van der Waals surface area contributed by atoms with Crippen LogP contribution in [0.3, 0.4) is 0 Å². The van der Waals surface area contributed by atoms with Crippen LogP contribution in [0.4, 0.5) is 11.4 Å². The zero-order valence-corrected chi connectivity index (χ0v) is 12.6. The third-order valence-corrected chi connectivity index (χ3v) is 3.23. The van der Waals surface area contributed by atoms with Gasteiger partial charge in [-0.2, -0.15) is 0 Å². The van der Waals surface area contributed by atoms with Crippen LogP contribution >= 0.6 is 0 Å². The number of Topliss-reactive ketones (excluding diaryl/α,β-unsaturated/α-hetero) is 1. The molecule has 3 N–H and O–H groups in total. The summed E-state index contributed by atoms with van der Waals surface area (Å²) in [7, 11) is 0. The number of carbonyl (C=O) groups is 3. The molecule has 0 saturated carbocycles. The lowest BCUT2D eigenvalue weighted by Gasteiger charge is -2.12. The summed E-state index contributed by atoms with van der Waals surface area (Å²) in [6.45, 7) is 4.66. The van der Waals surface area contributed by atoms with E-state index in [2.05, 4.69) is 15.6 Å². The second-order valence-electron chi connectivity index (χ2n) is 4.97. The molecule has 2 rings (SSSR count). The maximum absolute atomic E-state index is 12.2. The first-order valence-corrected chi connectivity index (χ1v) is 6.76. The Bertz CT molecular complexity index is 747. The zero-order chi connectivity index (χ0) is 16.3. The van der Waals surface area contributed by atoms with E-state index in [0.29, 0.717) is 22.6 Å². The summed E-state index contributed by atoms with van der Waals surface area (Å²) in [4.78, 5) is 37.4. The summed E-state index contributed by atoms with van der Waals surface area (Å²) < 4.78 is 0. The van der Waals surface area contributed by atoms with Crippen LogP contribution < -0.4 is 10.6 Å². The molecule has 1 aromatic heterocycles. The summed E-state index contributed by atoms with van der Waals surface area (Å²) in [6, 6.07) is 6.75. The van der Waals surface area contributed by atoms with Gasteiger partial charge in [-0.15, -0.1) is 0 Å². The molecule has 0 radical (unpaired) electrons. The van der Waals surface area contributed by atoms with Crippen LogP contribution in [0.2, 0.25) is 0 Å². The van der Waals surface area contributed by atoms with Crippen molar-refractivity contribution in [2.75, 3.05) is 10.6 Å². The molecular formula is C16H17N3O3. The molecule has 0 spiro atoms. The fourth-order valence-electron chi connectivity index (χ4n) is 2.01. The number of benzene rings is 1. The standard InChI is InChI=1S/C16H17N3O3/c1-9-13(18-11(3)21)5-4-6-14(9)19-16(22)15-7-12(8-17-15)10(2)20/h4-8,17H,1-3H3,(H,18,21)(H,19,22). The van der Waals surface area contributed by atoms with Gasteiger partial charge in [0.2, 0.25) is 5.91 Å². The first-order chi connectivity index (χ1) is 10.4. The van der Waals surface area contributed by atoms with Crippen LogP contribution in [0.1, 0.15) is 40.3 Å². The van der Waals surface area contributed by atoms with Gasteiger partial charge in [0, 0.05) is 30.1 Å². The molecule has 114 valence electrons. The van der Waals surface area contributed by atoms with Crippen LogP contribution in [-0.4, -0.2) is 22.6 Å². The molecule has 1 heterocycles. The molecular weight excluding hydrogens is 282 g/mol. The summed E-state index contributed by atoms with van der Waals surface area (Å²) in [6.07, 6.45) is 1.50. The Morgan fingerprint density at radius 3 is 2.23 bits per heavy atom. The minimum atomic E-state index is -0.351. The maximum atomic E-state index is 12.2. The average molecular weight is 299 g/mol. The van der Waals surface area contributed by atoms with E-state index in [0.717, 1.165) is 5.56 Å². The third-order valence-electron chi connectivity index (χ3n) is 3.23. The predicted molar refractivity (Wildman–Crippen MR) is 84.2 cm³/mol. The Morgan fingerprint density at radius 1 is 1.05 bits per heavy atom. The second kappa shape index (κ2) is 6.26. The molecule has 0 aliphatic rings. The van der Waals surface area contributed by atoms with Crippen LogP contribution in [0, 0.1) is 6.92 Å². The molecule has 6 nitrogen and oxygen atoms in total. The van der Waals surface area contributed by atoms with Gasteiger partial charge in [0.15, 0.2) is 5.78 Å². The van der Waals surface area contributed by atoms with Crippen LogP contribution in [0.15, 0.2) is 30.5 Å². The quantitative estimate of drug-likeness (QED) is 0.758. The number of nitrogens with one attached hydrogen (secondary N) is 3. The molecule has 22 heavy (non-hydrogen) atoms. The van der Waals surface area contributed by atoms with Crippen molar-refractivity contribution in [3.63, 3.8) is 0 Å². The van der Waals surface area contributed by atoms with Gasteiger partial charge in [-0.25, -0.2) is 0 Å². The summed E-state index contributed by atoms with van der Waals surface area (Å²) in [5.74, 6) is -0.642. The molecule has 2 amide bonds. The van der Waals surface area contributed by atoms with Gasteiger partial charge in [0.1, 0.15) is 5.69 Å². The van der Waals surface area contributed by atoms with Gasteiger partial charge < -0.3 is 15.6 Å². The number of ketones is 1. The third kappa shape index (κ3) is 3.41. The average Bonchev–Trinajstić information content (AvgIpc) is 2.92. The highest BCUT2D eigenvalue weighted by Gasteiger charge is 2.13. The number of aromatic amines is 1. The van der Waals surface area contributed by atoms with E-state index in [1.807, 2.05) is 0 Å². The molecule has 0 saturated heterocycles. The highest BCUT2D eigenvalue weighted by atomic mass is 16.2. The molecule has 0 bridgehead atoms. The number of H-pyrrole nitrogens is 1. The van der Waals surface area contributed by atoms with Gasteiger partial charge in [0.25, 0.3) is 5.91 Å². The van der Waals surface area contributed by atoms with Crippen molar-refractivity contribution in [3.05, 3.63) is 47.3 Å². The lowest BCUT2D eigenvalue weighted by atomic mass is 10.1. The lowest BCUT2D eigenvalue weighted by Crippen LogP contribution is -2.14. The van der Waals surface area contributed by atoms with Crippen LogP contribution in [0.25, 0.3) is 0 Å². The molecule has 0 aliphatic carbocycles. The van der Waals surface area contributed by atoms with Crippen LogP contribution in [0.5, 0.6) is 0 Å². The number of aromatic nitrogens is 1. The zero-order valence-electron chi connectivity index (χ0n) is 12.6. The second-order valence-corrected chi connectivity index (χ2v) is 4.97. The first-order valence-electron chi connectivity index (χ1n) is 6.76. The summed E-state index contributed by atoms with van der Waals surface area (Å²) in [5, 5.41) is 5.46. The van der Waals surface area contributed by atoms with E-state index in [4.69, 9.17) is 0 Å². The Hall–Kier alpha value is -2.89. The normalized spacial score (nSPS) is 10.1. The van der Waals surface area contributed by atoms with Crippen molar-refractivity contribution in [2.24, 2.45) is 0 Å². The highest BCUT2D eigenvalue weighted by molar-refractivity contribution is 6.06. The fraction of sp³-hybridized carbons (Fsp3) is 0.188. The van der Waals surface area contributed by atoms with Gasteiger partial charge in [-0.05, 0) is 37.6 Å². The molecule has 0 aliphatic heterocycles. The van der Waals surface area contributed by atoms with Gasteiger partial charge in [0.05, 0.1) is 0 Å². The lowest BCUT2D eigenvalue weighted by molar-refractivity contribution is -0.114. The minimum Gasteiger partial charge on any atom is -0.356 e. The van der Waals surface area contributed by atoms with Crippen molar-refractivity contribution >= 4 is 29.0 Å². The number of anilines is 2. The van der Waals surface area contributed by atoms with Gasteiger partial charge >= 0.3 is 0 Å². The van der Waals surface area contributed by atoms with Crippen molar-refractivity contribution in [1.29, 1.82) is 0 Å². The number of hydrogen-bond acceptors (Lipinski definition) is 3. The Kier molecular flexibility index (Phi) is 4.41. The molecule has 6 heteroatoms. The van der Waals surface area contributed by atoms with Gasteiger partial charge in [-0.3, -0.25) is 14.4 Å². The Labute approximate surface area is 127 Å². The summed E-state index contributed by atoms with van der Waals surface area (Å²) in [5.41, 5.74) is 2.74. The molecule has 1 aromatic carbocycles. The van der Waals surface area contributed by atoms with E-state index in [1.54, 1.807) is 25.1 Å². The van der Waals surface area contributed by atoms with Crippen molar-refractivity contribution in [3.8, 4) is 0 Å². The Balaban J connectivity index is 2.20. The van der Waals surface area contributed by atoms with E-state index >= 15 is 0 Å².